The van der Waals surface area contributed by atoms with Gasteiger partial charge in [0.2, 0.25) is 0 Å². The molecule has 1 unspecified atom stereocenters. The number of aromatic nitrogens is 1. The number of rotatable bonds is 5. The van der Waals surface area contributed by atoms with Crippen molar-refractivity contribution in [2.24, 2.45) is 0 Å². The summed E-state index contributed by atoms with van der Waals surface area (Å²) in [5.74, 6) is 1.13. The third kappa shape index (κ3) is 3.15. The van der Waals surface area contributed by atoms with Crippen LogP contribution in [-0.2, 0) is 0 Å². The number of Topliss-reactive ketones (excluding diaryl/α,β-unsaturated/α-hetero) is 1. The summed E-state index contributed by atoms with van der Waals surface area (Å²) in [7, 11) is 1.55. The van der Waals surface area contributed by atoms with Crippen LogP contribution in [0.15, 0.2) is 42.6 Å². The van der Waals surface area contributed by atoms with E-state index in [0.717, 1.165) is 5.69 Å². The van der Waals surface area contributed by atoms with Gasteiger partial charge in [0.1, 0.15) is 6.10 Å². The van der Waals surface area contributed by atoms with Gasteiger partial charge in [-0.1, -0.05) is 6.07 Å². The molecule has 4 heteroatoms. The SMILES string of the molecule is COc1cc(C(C)=O)ccc1OC(C)c1ccccn1. The molecule has 0 aliphatic carbocycles. The van der Waals surface area contributed by atoms with Crippen LogP contribution in [0.3, 0.4) is 0 Å². The fraction of sp³-hybridized carbons (Fsp3) is 0.250. The standard InChI is InChI=1S/C16H17NO3/c1-11(18)13-7-8-15(16(10-13)19-3)20-12(2)14-6-4-5-9-17-14/h4-10,12H,1-3H3. The van der Waals surface area contributed by atoms with Crippen LogP contribution in [0.5, 0.6) is 11.5 Å². The van der Waals surface area contributed by atoms with E-state index < -0.39 is 0 Å². The Kier molecular flexibility index (Phi) is 4.35. The van der Waals surface area contributed by atoms with Crippen molar-refractivity contribution in [2.45, 2.75) is 20.0 Å². The van der Waals surface area contributed by atoms with Crippen molar-refractivity contribution < 1.29 is 14.3 Å². The zero-order valence-electron chi connectivity index (χ0n) is 11.8. The Hall–Kier alpha value is -2.36. The van der Waals surface area contributed by atoms with Crippen LogP contribution in [0.1, 0.15) is 36.0 Å². The first-order valence-corrected chi connectivity index (χ1v) is 6.38. The summed E-state index contributed by atoms with van der Waals surface area (Å²) >= 11 is 0. The average molecular weight is 271 g/mol. The average Bonchev–Trinajstić information content (AvgIpc) is 2.48. The molecule has 0 saturated heterocycles. The van der Waals surface area contributed by atoms with Gasteiger partial charge in [0.25, 0.3) is 0 Å². The highest BCUT2D eigenvalue weighted by atomic mass is 16.5. The van der Waals surface area contributed by atoms with E-state index in [9.17, 15) is 4.79 Å². The van der Waals surface area contributed by atoms with Crippen molar-refractivity contribution in [2.75, 3.05) is 7.11 Å². The molecule has 4 nitrogen and oxygen atoms in total. The van der Waals surface area contributed by atoms with Crippen LogP contribution in [0.4, 0.5) is 0 Å². The zero-order chi connectivity index (χ0) is 14.5. The first kappa shape index (κ1) is 14.1. The van der Waals surface area contributed by atoms with Crippen LogP contribution in [0.2, 0.25) is 0 Å². The van der Waals surface area contributed by atoms with Gasteiger partial charge in [-0.05, 0) is 44.2 Å². The molecule has 1 atom stereocenters. The van der Waals surface area contributed by atoms with E-state index in [0.29, 0.717) is 17.1 Å². The van der Waals surface area contributed by atoms with E-state index in [1.165, 1.54) is 6.92 Å². The Morgan fingerprint density at radius 3 is 2.60 bits per heavy atom. The van der Waals surface area contributed by atoms with E-state index >= 15 is 0 Å². The molecule has 1 aromatic carbocycles. The monoisotopic (exact) mass is 271 g/mol. The lowest BCUT2D eigenvalue weighted by Gasteiger charge is -2.16. The summed E-state index contributed by atoms with van der Waals surface area (Å²) in [5.41, 5.74) is 1.44. The van der Waals surface area contributed by atoms with Gasteiger partial charge >= 0.3 is 0 Å². The smallest absolute Gasteiger partial charge is 0.162 e. The molecule has 104 valence electrons. The highest BCUT2D eigenvalue weighted by molar-refractivity contribution is 5.94. The molecule has 0 fully saturated rings. The number of methoxy groups -OCH3 is 1. The Balaban J connectivity index is 2.23. The van der Waals surface area contributed by atoms with E-state index in [2.05, 4.69) is 4.98 Å². The van der Waals surface area contributed by atoms with E-state index in [4.69, 9.17) is 9.47 Å². The minimum atomic E-state index is -0.201. The quantitative estimate of drug-likeness (QED) is 0.782. The second-order valence-corrected chi connectivity index (χ2v) is 4.44. The number of hydrogen-bond donors (Lipinski definition) is 0. The van der Waals surface area contributed by atoms with Crippen molar-refractivity contribution in [1.82, 2.24) is 4.98 Å². The third-order valence-corrected chi connectivity index (χ3v) is 2.98. The largest absolute Gasteiger partial charge is 0.493 e. The maximum atomic E-state index is 11.4. The number of hydrogen-bond acceptors (Lipinski definition) is 4. The zero-order valence-corrected chi connectivity index (χ0v) is 11.8. The van der Waals surface area contributed by atoms with E-state index in [1.807, 2.05) is 25.1 Å². The lowest BCUT2D eigenvalue weighted by Crippen LogP contribution is -2.06. The van der Waals surface area contributed by atoms with Gasteiger partial charge in [0, 0.05) is 11.8 Å². The number of benzene rings is 1. The van der Waals surface area contributed by atoms with Gasteiger partial charge in [-0.3, -0.25) is 9.78 Å². The van der Waals surface area contributed by atoms with Crippen molar-refractivity contribution in [3.05, 3.63) is 53.9 Å². The number of carbonyl (C=O) groups is 1. The summed E-state index contributed by atoms with van der Waals surface area (Å²) in [5, 5.41) is 0. The second-order valence-electron chi connectivity index (χ2n) is 4.44. The van der Waals surface area contributed by atoms with Gasteiger partial charge in [0.15, 0.2) is 17.3 Å². The number of ether oxygens (including phenoxy) is 2. The van der Waals surface area contributed by atoms with Gasteiger partial charge < -0.3 is 9.47 Å². The lowest BCUT2D eigenvalue weighted by molar-refractivity contribution is 0.101. The summed E-state index contributed by atoms with van der Waals surface area (Å²) < 4.78 is 11.1. The molecule has 2 aromatic rings. The molecule has 0 radical (unpaired) electrons. The van der Waals surface area contributed by atoms with Crippen molar-refractivity contribution in [3.63, 3.8) is 0 Å². The maximum absolute atomic E-state index is 11.4. The number of carbonyl (C=O) groups excluding carboxylic acids is 1. The highest BCUT2D eigenvalue weighted by Crippen LogP contribution is 2.31. The molecule has 1 heterocycles. The molecule has 0 aliphatic rings. The summed E-state index contributed by atoms with van der Waals surface area (Å²) in [6, 6.07) is 10.8. The summed E-state index contributed by atoms with van der Waals surface area (Å²) in [4.78, 5) is 15.6. The number of pyridine rings is 1. The molecular formula is C16H17NO3. The first-order chi connectivity index (χ1) is 9.61. The third-order valence-electron chi connectivity index (χ3n) is 2.98. The Bertz CT molecular complexity index is 596. The minimum Gasteiger partial charge on any atom is -0.493 e. The molecule has 0 N–H and O–H groups in total. The van der Waals surface area contributed by atoms with E-state index in [1.54, 1.807) is 31.5 Å². The van der Waals surface area contributed by atoms with Gasteiger partial charge in [-0.25, -0.2) is 0 Å². The second kappa shape index (κ2) is 6.19. The van der Waals surface area contributed by atoms with Crippen molar-refractivity contribution in [3.8, 4) is 11.5 Å². The Labute approximate surface area is 118 Å². The molecule has 0 bridgehead atoms. The molecular weight excluding hydrogens is 254 g/mol. The summed E-state index contributed by atoms with van der Waals surface area (Å²) in [6.07, 6.45) is 1.53. The van der Waals surface area contributed by atoms with Crippen molar-refractivity contribution in [1.29, 1.82) is 0 Å². The topological polar surface area (TPSA) is 48.4 Å². The fourth-order valence-corrected chi connectivity index (χ4v) is 1.85. The molecule has 1 aromatic heterocycles. The molecule has 2 rings (SSSR count). The fourth-order valence-electron chi connectivity index (χ4n) is 1.85. The van der Waals surface area contributed by atoms with Crippen LogP contribution in [0.25, 0.3) is 0 Å². The first-order valence-electron chi connectivity index (χ1n) is 6.38. The normalized spacial score (nSPS) is 11.8. The van der Waals surface area contributed by atoms with Gasteiger partial charge in [-0.2, -0.15) is 0 Å². The molecule has 0 spiro atoms. The lowest BCUT2D eigenvalue weighted by atomic mass is 10.1. The Morgan fingerprint density at radius 1 is 1.20 bits per heavy atom. The Morgan fingerprint density at radius 2 is 2.00 bits per heavy atom. The minimum absolute atomic E-state index is 0.00683. The van der Waals surface area contributed by atoms with Crippen LogP contribution in [0, 0.1) is 0 Å². The molecule has 0 amide bonds. The van der Waals surface area contributed by atoms with E-state index in [-0.39, 0.29) is 11.9 Å². The van der Waals surface area contributed by atoms with Gasteiger partial charge in [0.05, 0.1) is 12.8 Å². The van der Waals surface area contributed by atoms with Crippen LogP contribution >= 0.6 is 0 Å². The van der Waals surface area contributed by atoms with Crippen LogP contribution < -0.4 is 9.47 Å². The van der Waals surface area contributed by atoms with Crippen LogP contribution in [-0.4, -0.2) is 17.9 Å². The molecule has 0 saturated carbocycles. The highest BCUT2D eigenvalue weighted by Gasteiger charge is 2.13. The predicted molar refractivity (Wildman–Crippen MR) is 76.3 cm³/mol. The number of ketones is 1. The predicted octanol–water partition coefficient (Wildman–Crippen LogP) is 3.43. The summed E-state index contributed by atoms with van der Waals surface area (Å²) in [6.45, 7) is 3.44. The molecule has 20 heavy (non-hydrogen) atoms. The van der Waals surface area contributed by atoms with Gasteiger partial charge in [-0.15, -0.1) is 0 Å². The molecule has 0 aliphatic heterocycles. The van der Waals surface area contributed by atoms with Crippen molar-refractivity contribution >= 4 is 5.78 Å². The number of nitrogens with zero attached hydrogens (tertiary/aromatic N) is 1. The maximum Gasteiger partial charge on any atom is 0.162 e.